The Kier molecular flexibility index (Phi) is 5.34. The van der Waals surface area contributed by atoms with E-state index in [1.807, 2.05) is 43.3 Å². The first-order chi connectivity index (χ1) is 13.7. The molecule has 0 atom stereocenters. The summed E-state index contributed by atoms with van der Waals surface area (Å²) in [5, 5.41) is 13.1. The van der Waals surface area contributed by atoms with Crippen molar-refractivity contribution in [1.29, 1.82) is 0 Å². The first kappa shape index (κ1) is 18.2. The molecule has 1 aliphatic heterocycles. The summed E-state index contributed by atoms with van der Waals surface area (Å²) in [6.07, 6.45) is 3.61. The quantitative estimate of drug-likeness (QED) is 0.631. The lowest BCUT2D eigenvalue weighted by Crippen LogP contribution is -2.20. The molecule has 1 saturated heterocycles. The zero-order valence-electron chi connectivity index (χ0n) is 15.7. The van der Waals surface area contributed by atoms with Gasteiger partial charge in [-0.15, -0.1) is 0 Å². The van der Waals surface area contributed by atoms with E-state index in [9.17, 15) is 4.79 Å². The van der Waals surface area contributed by atoms with E-state index in [0.717, 1.165) is 48.6 Å². The van der Waals surface area contributed by atoms with Gasteiger partial charge in [0, 0.05) is 47.8 Å². The molecule has 2 amide bonds. The van der Waals surface area contributed by atoms with E-state index < -0.39 is 0 Å². The van der Waals surface area contributed by atoms with Crippen LogP contribution in [-0.2, 0) is 4.74 Å². The number of H-pyrrole nitrogens is 1. The zero-order chi connectivity index (χ0) is 19.3. The van der Waals surface area contributed by atoms with Gasteiger partial charge < -0.3 is 10.1 Å². The van der Waals surface area contributed by atoms with Crippen LogP contribution >= 0.6 is 0 Å². The lowest BCUT2D eigenvalue weighted by molar-refractivity contribution is 0.0844. The Hall–Kier alpha value is -3.19. The van der Waals surface area contributed by atoms with Crippen LogP contribution in [0, 0.1) is 6.92 Å². The molecule has 3 N–H and O–H groups in total. The number of carbonyl (C=O) groups excluding carboxylic acids is 1. The summed E-state index contributed by atoms with van der Waals surface area (Å²) in [7, 11) is 0. The molecule has 2 aromatic heterocycles. The van der Waals surface area contributed by atoms with Gasteiger partial charge in [-0.05, 0) is 31.9 Å². The number of benzene rings is 1. The summed E-state index contributed by atoms with van der Waals surface area (Å²) in [4.78, 5) is 16.8. The predicted octanol–water partition coefficient (Wildman–Crippen LogP) is 4.32. The second-order valence-corrected chi connectivity index (χ2v) is 6.87. The molecule has 0 saturated carbocycles. The second-order valence-electron chi connectivity index (χ2n) is 6.87. The molecule has 1 fully saturated rings. The minimum atomic E-state index is -0.335. The van der Waals surface area contributed by atoms with Crippen molar-refractivity contribution in [2.75, 3.05) is 23.8 Å². The van der Waals surface area contributed by atoms with E-state index in [4.69, 9.17) is 4.74 Å². The fourth-order valence-electron chi connectivity index (χ4n) is 3.46. The Morgan fingerprint density at radius 1 is 1.14 bits per heavy atom. The highest BCUT2D eigenvalue weighted by Gasteiger charge is 2.22. The molecule has 0 radical (unpaired) electrons. The normalized spacial score (nSPS) is 14.6. The maximum atomic E-state index is 12.5. The first-order valence-corrected chi connectivity index (χ1v) is 9.43. The lowest BCUT2D eigenvalue weighted by Gasteiger charge is -2.21. The van der Waals surface area contributed by atoms with Gasteiger partial charge in [0.25, 0.3) is 0 Å². The van der Waals surface area contributed by atoms with E-state index in [1.165, 1.54) is 0 Å². The van der Waals surface area contributed by atoms with Crippen LogP contribution in [0.5, 0.6) is 0 Å². The molecule has 1 aromatic carbocycles. The number of urea groups is 1. The summed E-state index contributed by atoms with van der Waals surface area (Å²) in [6.45, 7) is 3.50. The number of nitrogens with one attached hydrogen (secondary N) is 3. The van der Waals surface area contributed by atoms with Gasteiger partial charge in [-0.1, -0.05) is 30.3 Å². The van der Waals surface area contributed by atoms with E-state index >= 15 is 0 Å². The number of hydrogen-bond donors (Lipinski definition) is 3. The average molecular weight is 377 g/mol. The molecule has 7 nitrogen and oxygen atoms in total. The third kappa shape index (κ3) is 4.04. The third-order valence-corrected chi connectivity index (χ3v) is 5.00. The van der Waals surface area contributed by atoms with Gasteiger partial charge in [0.15, 0.2) is 5.82 Å². The van der Waals surface area contributed by atoms with Gasteiger partial charge in [-0.25, -0.2) is 4.79 Å². The number of pyridine rings is 1. The minimum absolute atomic E-state index is 0.335. The van der Waals surface area contributed by atoms with Crippen molar-refractivity contribution in [3.63, 3.8) is 0 Å². The molecule has 3 aromatic rings. The molecule has 7 heteroatoms. The standard InChI is InChI=1S/C21H23N5O2/c1-14-19(16-8-11-28-12-9-16)25-26-20(14)24-21(27)23-17-7-10-22-18(13-17)15-5-3-2-4-6-15/h2-7,10,13,16H,8-9,11-12H2,1H3,(H3,22,23,24,25,26,27). The number of aromatic nitrogens is 3. The number of ether oxygens (including phenoxy) is 1. The van der Waals surface area contributed by atoms with E-state index in [2.05, 4.69) is 25.8 Å². The SMILES string of the molecule is Cc1c(NC(=O)Nc2ccnc(-c3ccccc3)c2)n[nH]c1C1CCOCC1. The molecule has 4 rings (SSSR count). The van der Waals surface area contributed by atoms with Crippen molar-refractivity contribution in [3.05, 3.63) is 59.9 Å². The van der Waals surface area contributed by atoms with Crippen LogP contribution in [-0.4, -0.2) is 34.4 Å². The van der Waals surface area contributed by atoms with E-state index in [1.54, 1.807) is 12.3 Å². The highest BCUT2D eigenvalue weighted by molar-refractivity contribution is 5.99. The summed E-state index contributed by atoms with van der Waals surface area (Å²) in [5.74, 6) is 0.949. The number of carbonyl (C=O) groups is 1. The number of nitrogens with zero attached hydrogens (tertiary/aromatic N) is 2. The van der Waals surface area contributed by atoms with Crippen molar-refractivity contribution in [3.8, 4) is 11.3 Å². The first-order valence-electron chi connectivity index (χ1n) is 9.43. The number of amides is 2. The third-order valence-electron chi connectivity index (χ3n) is 5.00. The number of rotatable bonds is 4. The Labute approximate surface area is 163 Å². The fourth-order valence-corrected chi connectivity index (χ4v) is 3.46. The van der Waals surface area contributed by atoms with Crippen LogP contribution in [0.4, 0.5) is 16.3 Å². The maximum absolute atomic E-state index is 12.5. The van der Waals surface area contributed by atoms with Crippen molar-refractivity contribution >= 4 is 17.5 Å². The van der Waals surface area contributed by atoms with Gasteiger partial charge in [0.05, 0.1) is 5.69 Å². The smallest absolute Gasteiger partial charge is 0.324 e. The summed E-state index contributed by atoms with van der Waals surface area (Å²) in [6, 6.07) is 13.1. The maximum Gasteiger partial charge on any atom is 0.324 e. The Morgan fingerprint density at radius 3 is 2.71 bits per heavy atom. The van der Waals surface area contributed by atoms with Gasteiger partial charge in [0.1, 0.15) is 0 Å². The Balaban J connectivity index is 1.43. The van der Waals surface area contributed by atoms with Crippen LogP contribution in [0.3, 0.4) is 0 Å². The molecule has 1 aliphatic rings. The Bertz CT molecular complexity index is 948. The van der Waals surface area contributed by atoms with E-state index in [-0.39, 0.29) is 6.03 Å². The fraction of sp³-hybridized carbons (Fsp3) is 0.286. The van der Waals surface area contributed by atoms with Crippen molar-refractivity contribution in [1.82, 2.24) is 15.2 Å². The van der Waals surface area contributed by atoms with Crippen LogP contribution in [0.15, 0.2) is 48.7 Å². The average Bonchev–Trinajstić information content (AvgIpc) is 3.09. The molecule has 0 aliphatic carbocycles. The van der Waals surface area contributed by atoms with Crippen molar-refractivity contribution in [2.24, 2.45) is 0 Å². The predicted molar refractivity (Wildman–Crippen MR) is 108 cm³/mol. The van der Waals surface area contributed by atoms with Crippen molar-refractivity contribution in [2.45, 2.75) is 25.7 Å². The van der Waals surface area contributed by atoms with Gasteiger partial charge in [-0.2, -0.15) is 5.10 Å². The number of aromatic amines is 1. The lowest BCUT2D eigenvalue weighted by atomic mass is 9.94. The largest absolute Gasteiger partial charge is 0.381 e. The molecule has 3 heterocycles. The zero-order valence-corrected chi connectivity index (χ0v) is 15.7. The topological polar surface area (TPSA) is 91.9 Å². The highest BCUT2D eigenvalue weighted by atomic mass is 16.5. The van der Waals surface area contributed by atoms with Crippen LogP contribution < -0.4 is 10.6 Å². The molecule has 0 unspecified atom stereocenters. The van der Waals surface area contributed by atoms with Crippen molar-refractivity contribution < 1.29 is 9.53 Å². The number of hydrogen-bond acceptors (Lipinski definition) is 4. The van der Waals surface area contributed by atoms with Gasteiger partial charge in [-0.3, -0.25) is 15.4 Å². The Morgan fingerprint density at radius 2 is 1.93 bits per heavy atom. The summed E-state index contributed by atoms with van der Waals surface area (Å²) in [5.41, 5.74) is 4.52. The van der Waals surface area contributed by atoms with E-state index in [0.29, 0.717) is 17.4 Å². The van der Waals surface area contributed by atoms with Gasteiger partial charge >= 0.3 is 6.03 Å². The minimum Gasteiger partial charge on any atom is -0.381 e. The molecule has 144 valence electrons. The summed E-state index contributed by atoms with van der Waals surface area (Å²) >= 11 is 0. The monoisotopic (exact) mass is 377 g/mol. The second kappa shape index (κ2) is 8.22. The van der Waals surface area contributed by atoms with Crippen LogP contribution in [0.25, 0.3) is 11.3 Å². The summed E-state index contributed by atoms with van der Waals surface area (Å²) < 4.78 is 5.42. The van der Waals surface area contributed by atoms with Crippen LogP contribution in [0.2, 0.25) is 0 Å². The van der Waals surface area contributed by atoms with Gasteiger partial charge in [0.2, 0.25) is 0 Å². The molecule has 28 heavy (non-hydrogen) atoms. The molecule has 0 spiro atoms. The molecular formula is C21H23N5O2. The highest BCUT2D eigenvalue weighted by Crippen LogP contribution is 2.30. The molecular weight excluding hydrogens is 354 g/mol. The van der Waals surface area contributed by atoms with Crippen LogP contribution in [0.1, 0.15) is 30.0 Å². The molecule has 0 bridgehead atoms. The number of anilines is 2.